The smallest absolute Gasteiger partial charge is 0.311 e. The molecule has 0 heterocycles. The molecule has 0 amide bonds. The van der Waals surface area contributed by atoms with E-state index in [0.717, 1.165) is 6.07 Å². The SMILES string of the molecule is Nc1cc(Oc2cc(Cl)ccc2[N+](=O)[O-])ccc1[N+](=O)[O-]. The number of ether oxygens (including phenoxy) is 1. The van der Waals surface area contributed by atoms with Gasteiger partial charge in [-0.05, 0) is 12.1 Å². The summed E-state index contributed by atoms with van der Waals surface area (Å²) in [5, 5.41) is 21.8. The van der Waals surface area contributed by atoms with Gasteiger partial charge in [0.1, 0.15) is 11.4 Å². The van der Waals surface area contributed by atoms with Gasteiger partial charge in [0.15, 0.2) is 0 Å². The highest BCUT2D eigenvalue weighted by Gasteiger charge is 2.18. The standard InChI is InChI=1S/C12H8ClN3O5/c13-7-1-3-11(16(19)20)12(5-7)21-8-2-4-10(15(17)18)9(14)6-8/h1-6H,14H2. The van der Waals surface area contributed by atoms with E-state index in [-0.39, 0.29) is 33.6 Å². The Labute approximate surface area is 123 Å². The number of hydrogen-bond acceptors (Lipinski definition) is 6. The fraction of sp³-hybridized carbons (Fsp3) is 0. The monoisotopic (exact) mass is 309 g/mol. The van der Waals surface area contributed by atoms with Crippen molar-refractivity contribution in [2.45, 2.75) is 0 Å². The minimum atomic E-state index is -0.638. The van der Waals surface area contributed by atoms with Gasteiger partial charge in [0.05, 0.1) is 9.85 Å². The van der Waals surface area contributed by atoms with Crippen LogP contribution in [-0.4, -0.2) is 9.85 Å². The van der Waals surface area contributed by atoms with Gasteiger partial charge < -0.3 is 10.5 Å². The maximum absolute atomic E-state index is 10.9. The van der Waals surface area contributed by atoms with Gasteiger partial charge in [-0.3, -0.25) is 20.2 Å². The molecule has 2 rings (SSSR count). The molecule has 0 atom stereocenters. The van der Waals surface area contributed by atoms with Gasteiger partial charge >= 0.3 is 5.69 Å². The Balaban J connectivity index is 2.38. The van der Waals surface area contributed by atoms with Gasteiger partial charge in [0.2, 0.25) is 5.75 Å². The highest BCUT2D eigenvalue weighted by atomic mass is 35.5. The Hall–Kier alpha value is -2.87. The summed E-state index contributed by atoms with van der Waals surface area (Å²) in [6.07, 6.45) is 0. The summed E-state index contributed by atoms with van der Waals surface area (Å²) in [7, 11) is 0. The number of nitrogen functional groups attached to an aromatic ring is 1. The van der Waals surface area contributed by atoms with Gasteiger partial charge in [-0.25, -0.2) is 0 Å². The van der Waals surface area contributed by atoms with Crippen molar-refractivity contribution in [3.8, 4) is 11.5 Å². The number of nitrogens with zero attached hydrogens (tertiary/aromatic N) is 2. The molecule has 108 valence electrons. The first kappa shape index (κ1) is 14.5. The first-order valence-corrected chi connectivity index (χ1v) is 5.92. The Morgan fingerprint density at radius 3 is 2.19 bits per heavy atom. The van der Waals surface area contributed by atoms with Crippen LogP contribution < -0.4 is 10.5 Å². The Morgan fingerprint density at radius 2 is 1.62 bits per heavy atom. The molecule has 0 saturated heterocycles. The fourth-order valence-electron chi connectivity index (χ4n) is 1.61. The van der Waals surface area contributed by atoms with Crippen molar-refractivity contribution in [1.29, 1.82) is 0 Å². The van der Waals surface area contributed by atoms with Crippen LogP contribution in [0.15, 0.2) is 36.4 Å². The van der Waals surface area contributed by atoms with Crippen LogP contribution in [-0.2, 0) is 0 Å². The molecule has 0 aromatic heterocycles. The molecular weight excluding hydrogens is 302 g/mol. The van der Waals surface area contributed by atoms with Gasteiger partial charge in [0.25, 0.3) is 5.69 Å². The average Bonchev–Trinajstić information content (AvgIpc) is 2.37. The largest absolute Gasteiger partial charge is 0.450 e. The third kappa shape index (κ3) is 3.18. The van der Waals surface area contributed by atoms with Crippen molar-refractivity contribution in [2.24, 2.45) is 0 Å². The highest BCUT2D eigenvalue weighted by Crippen LogP contribution is 2.35. The fourth-order valence-corrected chi connectivity index (χ4v) is 1.77. The van der Waals surface area contributed by atoms with Gasteiger partial charge in [-0.15, -0.1) is 0 Å². The zero-order valence-corrected chi connectivity index (χ0v) is 11.1. The van der Waals surface area contributed by atoms with Crippen LogP contribution in [0.25, 0.3) is 0 Å². The van der Waals surface area contributed by atoms with Crippen LogP contribution in [0.3, 0.4) is 0 Å². The molecule has 0 aliphatic rings. The third-order valence-electron chi connectivity index (χ3n) is 2.54. The predicted molar refractivity (Wildman–Crippen MR) is 75.7 cm³/mol. The van der Waals surface area contributed by atoms with Crippen LogP contribution in [0, 0.1) is 20.2 Å². The van der Waals surface area contributed by atoms with Crippen LogP contribution >= 0.6 is 11.6 Å². The molecule has 9 heteroatoms. The lowest BCUT2D eigenvalue weighted by Crippen LogP contribution is -1.97. The maximum Gasteiger partial charge on any atom is 0.311 e. The quantitative estimate of drug-likeness (QED) is 0.523. The number of nitro benzene ring substituents is 2. The number of halogens is 1. The molecule has 0 aliphatic carbocycles. The van der Waals surface area contributed by atoms with Crippen molar-refractivity contribution in [3.05, 3.63) is 61.6 Å². The van der Waals surface area contributed by atoms with Gasteiger partial charge in [-0.1, -0.05) is 11.6 Å². The second-order valence-corrected chi connectivity index (χ2v) is 4.39. The summed E-state index contributed by atoms with van der Waals surface area (Å²) in [6.45, 7) is 0. The zero-order chi connectivity index (χ0) is 15.6. The summed E-state index contributed by atoms with van der Waals surface area (Å²) < 4.78 is 5.34. The van der Waals surface area contributed by atoms with Gasteiger partial charge in [-0.2, -0.15) is 0 Å². The number of anilines is 1. The van der Waals surface area contributed by atoms with Crippen molar-refractivity contribution in [1.82, 2.24) is 0 Å². The van der Waals surface area contributed by atoms with Crippen LogP contribution in [0.1, 0.15) is 0 Å². The molecular formula is C12H8ClN3O5. The minimum Gasteiger partial charge on any atom is -0.450 e. The molecule has 0 saturated carbocycles. The van der Waals surface area contributed by atoms with Crippen LogP contribution in [0.5, 0.6) is 11.5 Å². The lowest BCUT2D eigenvalue weighted by Gasteiger charge is -2.07. The van der Waals surface area contributed by atoms with E-state index < -0.39 is 9.85 Å². The molecule has 0 fully saturated rings. The summed E-state index contributed by atoms with van der Waals surface area (Å²) in [6, 6.07) is 7.49. The van der Waals surface area contributed by atoms with Gasteiger partial charge in [0, 0.05) is 29.3 Å². The number of benzene rings is 2. The topological polar surface area (TPSA) is 122 Å². The minimum absolute atomic E-state index is 0.0826. The molecule has 0 bridgehead atoms. The van der Waals surface area contributed by atoms with E-state index >= 15 is 0 Å². The third-order valence-corrected chi connectivity index (χ3v) is 2.78. The van der Waals surface area contributed by atoms with E-state index in [1.807, 2.05) is 0 Å². The molecule has 21 heavy (non-hydrogen) atoms. The van der Waals surface area contributed by atoms with E-state index in [4.69, 9.17) is 22.1 Å². The molecule has 2 aromatic carbocycles. The summed E-state index contributed by atoms with van der Waals surface area (Å²) in [4.78, 5) is 20.3. The Bertz CT molecular complexity index is 735. The van der Waals surface area contributed by atoms with E-state index in [2.05, 4.69) is 0 Å². The van der Waals surface area contributed by atoms with Crippen LogP contribution in [0.2, 0.25) is 5.02 Å². The average molecular weight is 310 g/mol. The molecule has 0 radical (unpaired) electrons. The number of rotatable bonds is 4. The summed E-state index contributed by atoms with van der Waals surface area (Å²) in [5.74, 6) is 0.0456. The lowest BCUT2D eigenvalue weighted by molar-refractivity contribution is -0.385. The number of nitro groups is 2. The van der Waals surface area contributed by atoms with Crippen molar-refractivity contribution < 1.29 is 14.6 Å². The van der Waals surface area contributed by atoms with E-state index in [9.17, 15) is 20.2 Å². The lowest BCUT2D eigenvalue weighted by atomic mass is 10.2. The van der Waals surface area contributed by atoms with Crippen molar-refractivity contribution >= 4 is 28.7 Å². The number of nitrogens with two attached hydrogens (primary N) is 1. The molecule has 8 nitrogen and oxygen atoms in total. The van der Waals surface area contributed by atoms with E-state index in [1.54, 1.807) is 0 Å². The van der Waals surface area contributed by atoms with E-state index in [1.165, 1.54) is 30.3 Å². The Morgan fingerprint density at radius 1 is 1.00 bits per heavy atom. The second kappa shape index (κ2) is 5.63. The predicted octanol–water partition coefficient (Wildman–Crippen LogP) is 3.53. The zero-order valence-electron chi connectivity index (χ0n) is 10.4. The normalized spacial score (nSPS) is 10.1. The molecule has 0 spiro atoms. The molecule has 0 unspecified atom stereocenters. The Kier molecular flexibility index (Phi) is 3.90. The first-order valence-electron chi connectivity index (χ1n) is 5.54. The number of hydrogen-bond donors (Lipinski definition) is 1. The molecule has 0 aliphatic heterocycles. The first-order chi connectivity index (χ1) is 9.88. The summed E-state index contributed by atoms with van der Waals surface area (Å²) >= 11 is 5.77. The maximum atomic E-state index is 10.9. The molecule has 2 aromatic rings. The second-order valence-electron chi connectivity index (χ2n) is 3.95. The molecule has 2 N–H and O–H groups in total. The van der Waals surface area contributed by atoms with Crippen LogP contribution in [0.4, 0.5) is 17.1 Å². The highest BCUT2D eigenvalue weighted by molar-refractivity contribution is 6.30. The van der Waals surface area contributed by atoms with Crippen molar-refractivity contribution in [3.63, 3.8) is 0 Å². The van der Waals surface area contributed by atoms with E-state index in [0.29, 0.717) is 0 Å². The van der Waals surface area contributed by atoms with Crippen molar-refractivity contribution in [2.75, 3.05) is 5.73 Å². The summed E-state index contributed by atoms with van der Waals surface area (Å²) in [5.41, 5.74) is 4.86.